The van der Waals surface area contributed by atoms with Gasteiger partial charge in [-0.25, -0.2) is 13.4 Å². The van der Waals surface area contributed by atoms with E-state index in [1.807, 2.05) is 4.57 Å². The third-order valence-electron chi connectivity index (χ3n) is 3.63. The number of imidazole rings is 1. The number of aromatic nitrogens is 2. The largest absolute Gasteiger partial charge is 0.381 e. The average molecular weight is 343 g/mol. The van der Waals surface area contributed by atoms with Crippen LogP contribution in [-0.4, -0.2) is 60.5 Å². The lowest BCUT2D eigenvalue weighted by Gasteiger charge is -2.24. The minimum Gasteiger partial charge on any atom is -0.381 e. The van der Waals surface area contributed by atoms with Crippen LogP contribution in [0, 0.1) is 11.8 Å². The number of sulfone groups is 1. The number of hydrogen-bond acceptors (Lipinski definition) is 5. The molecule has 0 spiro atoms. The van der Waals surface area contributed by atoms with Crippen LogP contribution >= 0.6 is 0 Å². The highest BCUT2D eigenvalue weighted by Gasteiger charge is 2.27. The Morgan fingerprint density at radius 2 is 2.17 bits per heavy atom. The zero-order valence-corrected chi connectivity index (χ0v) is 14.8. The maximum atomic E-state index is 12.3. The predicted octanol–water partition coefficient (Wildman–Crippen LogP) is 0.559. The van der Waals surface area contributed by atoms with Crippen molar-refractivity contribution in [3.63, 3.8) is 0 Å². The molecule has 23 heavy (non-hydrogen) atoms. The summed E-state index contributed by atoms with van der Waals surface area (Å²) in [6.07, 6.45) is 4.55. The molecule has 1 unspecified atom stereocenters. The third-order valence-corrected chi connectivity index (χ3v) is 4.40. The summed E-state index contributed by atoms with van der Waals surface area (Å²) in [6.45, 7) is 6.98. The van der Waals surface area contributed by atoms with E-state index in [0.717, 1.165) is 18.5 Å². The number of rotatable bonds is 6. The second-order valence-corrected chi connectivity index (χ2v) is 8.82. The summed E-state index contributed by atoms with van der Waals surface area (Å²) in [4.78, 5) is 18.0. The highest BCUT2D eigenvalue weighted by Crippen LogP contribution is 2.17. The molecule has 7 nitrogen and oxygen atoms in total. The average Bonchev–Trinajstić information content (AvgIpc) is 2.75. The van der Waals surface area contributed by atoms with E-state index in [0.29, 0.717) is 32.2 Å². The van der Waals surface area contributed by atoms with Crippen LogP contribution in [-0.2, 0) is 32.5 Å². The van der Waals surface area contributed by atoms with Crippen molar-refractivity contribution in [3.8, 4) is 0 Å². The molecule has 0 radical (unpaired) electrons. The van der Waals surface area contributed by atoms with Gasteiger partial charge < -0.3 is 14.2 Å². The molecule has 0 bridgehead atoms. The van der Waals surface area contributed by atoms with Crippen LogP contribution in [0.3, 0.4) is 0 Å². The SMILES string of the molecule is CC(C)COCC1CN(C(=O)CS(C)(=O)=O)Cc2cncn2C1. The monoisotopic (exact) mass is 343 g/mol. The Bertz CT molecular complexity index is 639. The summed E-state index contributed by atoms with van der Waals surface area (Å²) in [7, 11) is -3.34. The summed E-state index contributed by atoms with van der Waals surface area (Å²) in [5.41, 5.74) is 0.915. The van der Waals surface area contributed by atoms with Crippen molar-refractivity contribution >= 4 is 15.7 Å². The highest BCUT2D eigenvalue weighted by atomic mass is 32.2. The molecular weight excluding hydrogens is 318 g/mol. The molecule has 0 saturated heterocycles. The van der Waals surface area contributed by atoms with Crippen molar-refractivity contribution in [3.05, 3.63) is 18.2 Å². The fraction of sp³-hybridized carbons (Fsp3) is 0.733. The van der Waals surface area contributed by atoms with Crippen LogP contribution in [0.25, 0.3) is 0 Å². The van der Waals surface area contributed by atoms with Crippen molar-refractivity contribution in [2.24, 2.45) is 11.8 Å². The quantitative estimate of drug-likeness (QED) is 0.754. The lowest BCUT2D eigenvalue weighted by molar-refractivity contribution is -0.129. The number of ether oxygens (including phenoxy) is 1. The number of hydrogen-bond donors (Lipinski definition) is 0. The third kappa shape index (κ3) is 5.62. The second kappa shape index (κ2) is 7.44. The Morgan fingerprint density at radius 1 is 1.43 bits per heavy atom. The van der Waals surface area contributed by atoms with Crippen molar-refractivity contribution in [1.82, 2.24) is 14.5 Å². The number of carbonyl (C=O) groups is 1. The highest BCUT2D eigenvalue weighted by molar-refractivity contribution is 7.91. The predicted molar refractivity (Wildman–Crippen MR) is 86.5 cm³/mol. The molecule has 0 saturated carbocycles. The van der Waals surface area contributed by atoms with Gasteiger partial charge in [0, 0.05) is 38.1 Å². The van der Waals surface area contributed by atoms with E-state index in [9.17, 15) is 13.2 Å². The zero-order chi connectivity index (χ0) is 17.0. The standard InChI is InChI=1S/C15H25N3O4S/c1-12(2)8-22-9-13-5-17(15(19)10-23(3,20)21)7-14-4-16-11-18(14)6-13/h4,11-13H,5-10H2,1-3H3. The zero-order valence-electron chi connectivity index (χ0n) is 13.9. The molecule has 1 aromatic rings. The Labute approximate surface area is 137 Å². The van der Waals surface area contributed by atoms with Gasteiger partial charge in [-0.3, -0.25) is 4.79 Å². The fourth-order valence-corrected chi connectivity index (χ4v) is 3.26. The number of nitrogens with zero attached hydrogens (tertiary/aromatic N) is 3. The number of carbonyl (C=O) groups excluding carboxylic acids is 1. The van der Waals surface area contributed by atoms with Crippen LogP contribution in [0.1, 0.15) is 19.5 Å². The molecule has 0 fully saturated rings. The Balaban J connectivity index is 2.08. The van der Waals surface area contributed by atoms with E-state index in [2.05, 4.69) is 18.8 Å². The minimum absolute atomic E-state index is 0.118. The topological polar surface area (TPSA) is 81.5 Å². The van der Waals surface area contributed by atoms with Crippen molar-refractivity contribution < 1.29 is 17.9 Å². The van der Waals surface area contributed by atoms with E-state index < -0.39 is 15.6 Å². The molecule has 1 aromatic heterocycles. The molecule has 2 rings (SSSR count). The Morgan fingerprint density at radius 3 is 2.83 bits per heavy atom. The summed E-state index contributed by atoms with van der Waals surface area (Å²) < 4.78 is 30.5. The van der Waals surface area contributed by atoms with Crippen LogP contribution in [0.5, 0.6) is 0 Å². The molecule has 130 valence electrons. The Hall–Kier alpha value is -1.41. The summed E-state index contributed by atoms with van der Waals surface area (Å²) in [5.74, 6) is -0.253. The van der Waals surface area contributed by atoms with Gasteiger partial charge in [0.1, 0.15) is 5.75 Å². The van der Waals surface area contributed by atoms with E-state index in [1.165, 1.54) is 0 Å². The van der Waals surface area contributed by atoms with Gasteiger partial charge in [0.15, 0.2) is 9.84 Å². The maximum absolute atomic E-state index is 12.3. The van der Waals surface area contributed by atoms with Crippen molar-refractivity contribution in [1.29, 1.82) is 0 Å². The summed E-state index contributed by atoms with van der Waals surface area (Å²) >= 11 is 0. The smallest absolute Gasteiger partial charge is 0.238 e. The van der Waals surface area contributed by atoms with E-state index in [1.54, 1.807) is 17.4 Å². The molecule has 2 heterocycles. The second-order valence-electron chi connectivity index (χ2n) is 6.68. The molecule has 8 heteroatoms. The Kier molecular flexibility index (Phi) is 5.80. The summed E-state index contributed by atoms with van der Waals surface area (Å²) in [6, 6.07) is 0. The molecular formula is C15H25N3O4S. The van der Waals surface area contributed by atoms with Gasteiger partial charge in [0.05, 0.1) is 25.2 Å². The first-order valence-corrected chi connectivity index (χ1v) is 9.83. The van der Waals surface area contributed by atoms with Gasteiger partial charge >= 0.3 is 0 Å². The van der Waals surface area contributed by atoms with Crippen LogP contribution < -0.4 is 0 Å². The maximum Gasteiger partial charge on any atom is 0.238 e. The van der Waals surface area contributed by atoms with E-state index in [4.69, 9.17) is 4.74 Å². The first-order chi connectivity index (χ1) is 10.7. The molecule has 0 aliphatic carbocycles. The normalized spacial score (nSPS) is 18.8. The first-order valence-electron chi connectivity index (χ1n) is 7.77. The van der Waals surface area contributed by atoms with Gasteiger partial charge in [-0.2, -0.15) is 0 Å². The van der Waals surface area contributed by atoms with Crippen LogP contribution in [0.15, 0.2) is 12.5 Å². The minimum atomic E-state index is -3.34. The lowest BCUT2D eigenvalue weighted by atomic mass is 10.1. The van der Waals surface area contributed by atoms with Gasteiger partial charge in [-0.15, -0.1) is 0 Å². The van der Waals surface area contributed by atoms with Crippen molar-refractivity contribution in [2.45, 2.75) is 26.9 Å². The van der Waals surface area contributed by atoms with Crippen LogP contribution in [0.2, 0.25) is 0 Å². The van der Waals surface area contributed by atoms with Gasteiger partial charge in [0.25, 0.3) is 0 Å². The van der Waals surface area contributed by atoms with E-state index >= 15 is 0 Å². The molecule has 0 N–H and O–H groups in total. The van der Waals surface area contributed by atoms with E-state index in [-0.39, 0.29) is 11.8 Å². The summed E-state index contributed by atoms with van der Waals surface area (Å²) in [5, 5.41) is 0. The molecule has 1 aliphatic rings. The van der Waals surface area contributed by atoms with Gasteiger partial charge in [-0.1, -0.05) is 13.8 Å². The molecule has 1 aliphatic heterocycles. The van der Waals surface area contributed by atoms with Gasteiger partial charge in [-0.05, 0) is 5.92 Å². The fourth-order valence-electron chi connectivity index (χ4n) is 2.63. The molecule has 0 aromatic carbocycles. The number of amides is 1. The first kappa shape index (κ1) is 17.9. The van der Waals surface area contributed by atoms with Crippen LogP contribution in [0.4, 0.5) is 0 Å². The van der Waals surface area contributed by atoms with Gasteiger partial charge in [0.2, 0.25) is 5.91 Å². The number of fused-ring (bicyclic) bond motifs is 1. The molecule has 1 atom stereocenters. The molecule has 1 amide bonds. The van der Waals surface area contributed by atoms with Crippen molar-refractivity contribution in [2.75, 3.05) is 31.8 Å². The lowest BCUT2D eigenvalue weighted by Crippen LogP contribution is -2.38.